The second-order valence-electron chi connectivity index (χ2n) is 11.4. The maximum Gasteiger partial charge on any atom is -0.00268 e. The van der Waals surface area contributed by atoms with Crippen molar-refractivity contribution < 1.29 is 0 Å². The zero-order valence-corrected chi connectivity index (χ0v) is 23.0. The van der Waals surface area contributed by atoms with Gasteiger partial charge in [-0.15, -0.1) is 0 Å². The highest BCUT2D eigenvalue weighted by Crippen LogP contribution is 2.36. The van der Waals surface area contributed by atoms with E-state index in [0.29, 0.717) is 0 Å². The Labute approximate surface area is 244 Å². The third-order valence-electron chi connectivity index (χ3n) is 8.98. The molecule has 9 aromatic rings. The van der Waals surface area contributed by atoms with Crippen LogP contribution in [0.5, 0.6) is 0 Å². The fourth-order valence-electron chi connectivity index (χ4n) is 6.81. The van der Waals surface area contributed by atoms with Gasteiger partial charge in [0, 0.05) is 0 Å². The summed E-state index contributed by atoms with van der Waals surface area (Å²) < 4.78 is 0. The van der Waals surface area contributed by atoms with Crippen molar-refractivity contribution >= 4 is 64.6 Å². The molecule has 0 aliphatic rings. The van der Waals surface area contributed by atoms with Gasteiger partial charge < -0.3 is 0 Å². The van der Waals surface area contributed by atoms with E-state index in [1.54, 1.807) is 0 Å². The van der Waals surface area contributed by atoms with Crippen molar-refractivity contribution in [2.45, 2.75) is 0 Å². The van der Waals surface area contributed by atoms with Crippen LogP contribution in [0, 0.1) is 0 Å². The Hall–Kier alpha value is -5.46. The van der Waals surface area contributed by atoms with Crippen molar-refractivity contribution in [3.63, 3.8) is 0 Å². The molecule has 0 fully saturated rings. The van der Waals surface area contributed by atoms with Gasteiger partial charge >= 0.3 is 0 Å². The molecule has 9 aromatic carbocycles. The van der Waals surface area contributed by atoms with Crippen molar-refractivity contribution in [2.24, 2.45) is 0 Å². The number of fused-ring (bicyclic) bond motifs is 9. The summed E-state index contributed by atoms with van der Waals surface area (Å²) in [5.41, 5.74) is 4.98. The molecule has 0 spiro atoms. The molecule has 0 saturated carbocycles. The van der Waals surface area contributed by atoms with Crippen molar-refractivity contribution in [1.29, 1.82) is 0 Å². The van der Waals surface area contributed by atoms with Gasteiger partial charge in [0.2, 0.25) is 0 Å². The van der Waals surface area contributed by atoms with E-state index >= 15 is 0 Å². The minimum atomic E-state index is 1.24. The van der Waals surface area contributed by atoms with Crippen molar-refractivity contribution in [3.8, 4) is 22.3 Å². The Kier molecular flexibility index (Phi) is 5.00. The Morgan fingerprint density at radius 2 is 0.571 bits per heavy atom. The smallest absolute Gasteiger partial charge is 0.00268 e. The van der Waals surface area contributed by atoms with Crippen molar-refractivity contribution in [2.75, 3.05) is 0 Å². The van der Waals surface area contributed by atoms with Crippen LogP contribution in [-0.4, -0.2) is 0 Å². The van der Waals surface area contributed by atoms with Gasteiger partial charge in [0.1, 0.15) is 0 Å². The second kappa shape index (κ2) is 9.03. The van der Waals surface area contributed by atoms with E-state index in [1.807, 2.05) is 0 Å². The van der Waals surface area contributed by atoms with E-state index in [0.717, 1.165) is 0 Å². The van der Waals surface area contributed by atoms with E-state index in [1.165, 1.54) is 86.9 Å². The van der Waals surface area contributed by atoms with Crippen molar-refractivity contribution in [3.05, 3.63) is 158 Å². The number of benzene rings is 9. The van der Waals surface area contributed by atoms with Gasteiger partial charge in [-0.05, 0) is 111 Å². The lowest BCUT2D eigenvalue weighted by Gasteiger charge is -2.11. The molecule has 0 N–H and O–H groups in total. The molecule has 0 heteroatoms. The fourth-order valence-corrected chi connectivity index (χ4v) is 6.81. The molecule has 0 aromatic heterocycles. The molecule has 0 radical (unpaired) electrons. The van der Waals surface area contributed by atoms with Crippen LogP contribution >= 0.6 is 0 Å². The van der Waals surface area contributed by atoms with Crippen LogP contribution in [0.25, 0.3) is 86.9 Å². The lowest BCUT2D eigenvalue weighted by Crippen LogP contribution is -1.85. The van der Waals surface area contributed by atoms with Gasteiger partial charge in [0.05, 0.1) is 0 Å². The minimum Gasteiger partial charge on any atom is -0.0616 e. The zero-order valence-electron chi connectivity index (χ0n) is 23.0. The van der Waals surface area contributed by atoms with E-state index in [9.17, 15) is 0 Å². The topological polar surface area (TPSA) is 0 Å². The van der Waals surface area contributed by atoms with Gasteiger partial charge in [0.25, 0.3) is 0 Å². The SMILES string of the molecule is c1ccc2c(c1)ccc1cc(-c3ccc4cc(-c5ccc6c(ccc7ccc8ccccc8c76)c5)ccc4c3)ccc12. The first-order valence-corrected chi connectivity index (χ1v) is 14.6. The average Bonchev–Trinajstić information content (AvgIpc) is 3.07. The second-order valence-corrected chi connectivity index (χ2v) is 11.4. The molecule has 0 atom stereocenters. The largest absolute Gasteiger partial charge is 0.0616 e. The first-order chi connectivity index (χ1) is 20.8. The quantitative estimate of drug-likeness (QED) is 0.195. The summed E-state index contributed by atoms with van der Waals surface area (Å²) in [5.74, 6) is 0. The van der Waals surface area contributed by atoms with Crippen LogP contribution in [0.2, 0.25) is 0 Å². The summed E-state index contributed by atoms with van der Waals surface area (Å²) in [4.78, 5) is 0. The lowest BCUT2D eigenvalue weighted by atomic mass is 9.93. The molecular weight excluding hydrogens is 504 g/mol. The standard InChI is InChI=1S/C42H26/c1-3-7-38-27(5-1)10-17-36-25-34(19-21-39(36)38)32-15-13-31-24-33(16-14-30(31)23-32)35-20-22-41-37(26-35)18-12-29-11-9-28-6-2-4-8-40(28)42(29)41/h1-26H. The number of hydrogen-bond acceptors (Lipinski definition) is 0. The predicted molar refractivity (Wildman–Crippen MR) is 182 cm³/mol. The van der Waals surface area contributed by atoms with Gasteiger partial charge in [-0.3, -0.25) is 0 Å². The normalized spacial score (nSPS) is 11.8. The van der Waals surface area contributed by atoms with Crippen LogP contribution in [0.1, 0.15) is 0 Å². The summed E-state index contributed by atoms with van der Waals surface area (Å²) in [7, 11) is 0. The Morgan fingerprint density at radius 1 is 0.214 bits per heavy atom. The molecular formula is C42H26. The highest BCUT2D eigenvalue weighted by atomic mass is 14.1. The molecule has 0 nitrogen and oxygen atoms in total. The van der Waals surface area contributed by atoms with Gasteiger partial charge in [0.15, 0.2) is 0 Å². The van der Waals surface area contributed by atoms with Crippen molar-refractivity contribution in [1.82, 2.24) is 0 Å². The zero-order chi connectivity index (χ0) is 27.6. The first-order valence-electron chi connectivity index (χ1n) is 14.6. The summed E-state index contributed by atoms with van der Waals surface area (Å²) >= 11 is 0. The third-order valence-corrected chi connectivity index (χ3v) is 8.98. The Balaban J connectivity index is 1.11. The van der Waals surface area contributed by atoms with Crippen LogP contribution in [0.3, 0.4) is 0 Å². The summed E-state index contributed by atoms with van der Waals surface area (Å²) in [6, 6.07) is 58.2. The third kappa shape index (κ3) is 3.62. The Morgan fingerprint density at radius 3 is 1.21 bits per heavy atom. The summed E-state index contributed by atoms with van der Waals surface area (Å²) in [6.07, 6.45) is 0. The van der Waals surface area contributed by atoms with E-state index < -0.39 is 0 Å². The number of hydrogen-bond donors (Lipinski definition) is 0. The molecule has 0 amide bonds. The van der Waals surface area contributed by atoms with Crippen LogP contribution < -0.4 is 0 Å². The van der Waals surface area contributed by atoms with E-state index in [4.69, 9.17) is 0 Å². The van der Waals surface area contributed by atoms with Gasteiger partial charge in [-0.25, -0.2) is 0 Å². The highest BCUT2D eigenvalue weighted by Gasteiger charge is 2.09. The van der Waals surface area contributed by atoms with Crippen LogP contribution in [0.4, 0.5) is 0 Å². The maximum atomic E-state index is 2.34. The number of rotatable bonds is 2. The first kappa shape index (κ1) is 23.3. The minimum absolute atomic E-state index is 1.24. The monoisotopic (exact) mass is 530 g/mol. The molecule has 194 valence electrons. The van der Waals surface area contributed by atoms with Crippen LogP contribution in [0.15, 0.2) is 158 Å². The Bertz CT molecular complexity index is 2510. The van der Waals surface area contributed by atoms with Gasteiger partial charge in [-0.2, -0.15) is 0 Å². The molecule has 42 heavy (non-hydrogen) atoms. The van der Waals surface area contributed by atoms with Crippen LogP contribution in [-0.2, 0) is 0 Å². The summed E-state index contributed by atoms with van der Waals surface area (Å²) in [5, 5.41) is 15.5. The maximum absolute atomic E-state index is 2.34. The molecule has 0 heterocycles. The summed E-state index contributed by atoms with van der Waals surface area (Å²) in [6.45, 7) is 0. The molecule has 0 bridgehead atoms. The molecule has 0 unspecified atom stereocenters. The average molecular weight is 531 g/mol. The molecule has 9 rings (SSSR count). The fraction of sp³-hybridized carbons (Fsp3) is 0. The lowest BCUT2D eigenvalue weighted by molar-refractivity contribution is 1.66. The molecule has 0 aliphatic carbocycles. The van der Waals surface area contributed by atoms with E-state index in [2.05, 4.69) is 158 Å². The highest BCUT2D eigenvalue weighted by molar-refractivity contribution is 6.20. The van der Waals surface area contributed by atoms with E-state index in [-0.39, 0.29) is 0 Å². The molecule has 0 saturated heterocycles. The molecule has 0 aliphatic heterocycles. The van der Waals surface area contributed by atoms with Gasteiger partial charge in [-0.1, -0.05) is 133 Å². The predicted octanol–water partition coefficient (Wildman–Crippen LogP) is 11.9.